The van der Waals surface area contributed by atoms with Crippen molar-refractivity contribution in [1.29, 1.82) is 5.26 Å². The van der Waals surface area contributed by atoms with Gasteiger partial charge in [-0.2, -0.15) is 5.26 Å². The summed E-state index contributed by atoms with van der Waals surface area (Å²) in [7, 11) is -3.66. The van der Waals surface area contributed by atoms with Gasteiger partial charge < -0.3 is 0 Å². The zero-order valence-electron chi connectivity index (χ0n) is 11.3. The minimum atomic E-state index is -3.66. The Balaban J connectivity index is 1.85. The van der Waals surface area contributed by atoms with Crippen molar-refractivity contribution in [1.82, 2.24) is 4.98 Å². The minimum Gasteiger partial charge on any atom is -0.255 e. The third kappa shape index (κ3) is 2.91. The second-order valence-electron chi connectivity index (χ2n) is 5.05. The Morgan fingerprint density at radius 1 is 1.43 bits per heavy atom. The Kier molecular flexibility index (Phi) is 3.43. The SMILES string of the molecule is Cc1cc(S(=O)(=O)Nc2nc(C3CC3)cs2)ccc1C#N. The zero-order chi connectivity index (χ0) is 15.0. The van der Waals surface area contributed by atoms with Gasteiger partial charge in [-0.05, 0) is 43.5 Å². The number of nitrogens with one attached hydrogen (secondary N) is 1. The van der Waals surface area contributed by atoms with E-state index in [0.29, 0.717) is 22.2 Å². The summed E-state index contributed by atoms with van der Waals surface area (Å²) in [4.78, 5) is 4.46. The van der Waals surface area contributed by atoms with Crippen LogP contribution >= 0.6 is 11.3 Å². The number of hydrogen-bond acceptors (Lipinski definition) is 5. The van der Waals surface area contributed by atoms with Gasteiger partial charge in [0.25, 0.3) is 10.0 Å². The first-order valence-corrected chi connectivity index (χ1v) is 8.85. The summed E-state index contributed by atoms with van der Waals surface area (Å²) in [5.74, 6) is 0.497. The Bertz CT molecular complexity index is 830. The fraction of sp³-hybridized carbons (Fsp3) is 0.286. The van der Waals surface area contributed by atoms with Crippen LogP contribution in [0.15, 0.2) is 28.5 Å². The van der Waals surface area contributed by atoms with E-state index in [0.717, 1.165) is 18.5 Å². The quantitative estimate of drug-likeness (QED) is 0.939. The first kappa shape index (κ1) is 14.0. The highest BCUT2D eigenvalue weighted by molar-refractivity contribution is 7.93. The number of thiazole rings is 1. The number of nitrogens with zero attached hydrogens (tertiary/aromatic N) is 2. The van der Waals surface area contributed by atoms with Crippen molar-refractivity contribution < 1.29 is 8.42 Å². The van der Waals surface area contributed by atoms with Gasteiger partial charge in [-0.3, -0.25) is 4.72 Å². The molecule has 1 aliphatic rings. The topological polar surface area (TPSA) is 82.8 Å². The molecule has 0 amide bonds. The molecule has 1 aliphatic carbocycles. The number of rotatable bonds is 4. The van der Waals surface area contributed by atoms with Gasteiger partial charge >= 0.3 is 0 Å². The van der Waals surface area contributed by atoms with E-state index < -0.39 is 10.0 Å². The number of aromatic nitrogens is 1. The molecule has 1 heterocycles. The second-order valence-corrected chi connectivity index (χ2v) is 7.59. The van der Waals surface area contributed by atoms with E-state index in [1.165, 1.54) is 29.5 Å². The average molecular weight is 319 g/mol. The summed E-state index contributed by atoms with van der Waals surface area (Å²) in [6.45, 7) is 1.71. The molecule has 0 aliphatic heterocycles. The number of anilines is 1. The Hall–Kier alpha value is -1.91. The second kappa shape index (κ2) is 5.13. The summed E-state index contributed by atoms with van der Waals surface area (Å²) in [5, 5.41) is 11.2. The molecule has 0 radical (unpaired) electrons. The van der Waals surface area contributed by atoms with E-state index in [1.54, 1.807) is 6.92 Å². The van der Waals surface area contributed by atoms with E-state index in [9.17, 15) is 8.42 Å². The molecule has 1 aromatic carbocycles. The van der Waals surface area contributed by atoms with Crippen molar-refractivity contribution in [2.24, 2.45) is 0 Å². The molecule has 1 aromatic heterocycles. The normalized spacial score (nSPS) is 14.7. The van der Waals surface area contributed by atoms with Crippen LogP contribution in [-0.4, -0.2) is 13.4 Å². The predicted octanol–water partition coefficient (Wildman–Crippen LogP) is 3.00. The first-order chi connectivity index (χ1) is 9.99. The van der Waals surface area contributed by atoms with E-state index in [2.05, 4.69) is 9.71 Å². The van der Waals surface area contributed by atoms with Crippen LogP contribution in [0.4, 0.5) is 5.13 Å². The van der Waals surface area contributed by atoms with Crippen molar-refractivity contribution >= 4 is 26.5 Å². The average Bonchev–Trinajstić information content (AvgIpc) is 3.19. The molecule has 1 saturated carbocycles. The molecule has 1 N–H and O–H groups in total. The molecule has 0 saturated heterocycles. The molecule has 0 bridgehead atoms. The summed E-state index contributed by atoms with van der Waals surface area (Å²) < 4.78 is 27.1. The van der Waals surface area contributed by atoms with E-state index in [-0.39, 0.29) is 4.90 Å². The lowest BCUT2D eigenvalue weighted by Gasteiger charge is -2.06. The Labute approximate surface area is 127 Å². The van der Waals surface area contributed by atoms with Gasteiger partial charge in [-0.15, -0.1) is 11.3 Å². The summed E-state index contributed by atoms with van der Waals surface area (Å²) in [5.41, 5.74) is 2.08. The van der Waals surface area contributed by atoms with Crippen LogP contribution in [-0.2, 0) is 10.0 Å². The van der Waals surface area contributed by atoms with Gasteiger partial charge in [0.1, 0.15) is 0 Å². The molecule has 5 nitrogen and oxygen atoms in total. The van der Waals surface area contributed by atoms with Gasteiger partial charge in [0.2, 0.25) is 0 Å². The van der Waals surface area contributed by atoms with Crippen molar-refractivity contribution in [2.75, 3.05) is 4.72 Å². The van der Waals surface area contributed by atoms with Crippen LogP contribution in [0.2, 0.25) is 0 Å². The standard InChI is InChI=1S/C14H13N3O2S2/c1-9-6-12(5-4-11(9)7-15)21(18,19)17-14-16-13(8-20-14)10-2-3-10/h4-6,8,10H,2-3H2,1H3,(H,16,17). The molecule has 1 fully saturated rings. The molecule has 21 heavy (non-hydrogen) atoms. The predicted molar refractivity (Wildman–Crippen MR) is 80.8 cm³/mol. The van der Waals surface area contributed by atoms with Crippen LogP contribution in [0.3, 0.4) is 0 Å². The smallest absolute Gasteiger partial charge is 0.255 e. The van der Waals surface area contributed by atoms with Gasteiger partial charge in [0, 0.05) is 11.3 Å². The third-order valence-corrected chi connectivity index (χ3v) is 5.61. The van der Waals surface area contributed by atoms with Crippen LogP contribution in [0.25, 0.3) is 0 Å². The maximum absolute atomic E-state index is 12.3. The number of aryl methyl sites for hydroxylation is 1. The van der Waals surface area contributed by atoms with Gasteiger partial charge in [0.05, 0.1) is 22.2 Å². The Morgan fingerprint density at radius 2 is 2.19 bits per heavy atom. The molecule has 7 heteroatoms. The Morgan fingerprint density at radius 3 is 2.81 bits per heavy atom. The molecule has 3 rings (SSSR count). The van der Waals surface area contributed by atoms with E-state index in [1.807, 2.05) is 11.4 Å². The summed E-state index contributed by atoms with van der Waals surface area (Å²) in [6.07, 6.45) is 2.26. The minimum absolute atomic E-state index is 0.141. The highest BCUT2D eigenvalue weighted by Gasteiger charge is 2.27. The van der Waals surface area contributed by atoms with Gasteiger partial charge in [-0.25, -0.2) is 13.4 Å². The van der Waals surface area contributed by atoms with Crippen molar-refractivity contribution in [3.63, 3.8) is 0 Å². The largest absolute Gasteiger partial charge is 0.263 e. The van der Waals surface area contributed by atoms with Crippen LogP contribution in [0.1, 0.15) is 35.6 Å². The lowest BCUT2D eigenvalue weighted by molar-refractivity contribution is 0.601. The molecule has 2 aromatic rings. The fourth-order valence-corrected chi connectivity index (χ4v) is 4.13. The van der Waals surface area contributed by atoms with Crippen LogP contribution < -0.4 is 4.72 Å². The maximum atomic E-state index is 12.3. The summed E-state index contributed by atoms with van der Waals surface area (Å²) in [6, 6.07) is 6.47. The number of benzene rings is 1. The monoisotopic (exact) mass is 319 g/mol. The lowest BCUT2D eigenvalue weighted by atomic mass is 10.1. The zero-order valence-corrected chi connectivity index (χ0v) is 13.0. The highest BCUT2D eigenvalue weighted by atomic mass is 32.2. The molecule has 0 atom stereocenters. The number of nitriles is 1. The van der Waals surface area contributed by atoms with Crippen LogP contribution in [0, 0.1) is 18.3 Å². The molecular weight excluding hydrogens is 306 g/mol. The van der Waals surface area contributed by atoms with Gasteiger partial charge in [-0.1, -0.05) is 0 Å². The number of hydrogen-bond donors (Lipinski definition) is 1. The van der Waals surface area contributed by atoms with Gasteiger partial charge in [0.15, 0.2) is 5.13 Å². The first-order valence-electron chi connectivity index (χ1n) is 6.48. The maximum Gasteiger partial charge on any atom is 0.263 e. The lowest BCUT2D eigenvalue weighted by Crippen LogP contribution is -2.13. The molecule has 0 spiro atoms. The van der Waals surface area contributed by atoms with Crippen molar-refractivity contribution in [3.05, 3.63) is 40.4 Å². The van der Waals surface area contributed by atoms with E-state index >= 15 is 0 Å². The molecular formula is C14H13N3O2S2. The van der Waals surface area contributed by atoms with E-state index in [4.69, 9.17) is 5.26 Å². The molecule has 108 valence electrons. The molecule has 0 unspecified atom stereocenters. The number of sulfonamides is 1. The van der Waals surface area contributed by atoms with Crippen molar-refractivity contribution in [3.8, 4) is 6.07 Å². The third-order valence-electron chi connectivity index (χ3n) is 3.37. The summed E-state index contributed by atoms with van der Waals surface area (Å²) >= 11 is 1.30. The fourth-order valence-electron chi connectivity index (χ4n) is 2.00. The highest BCUT2D eigenvalue weighted by Crippen LogP contribution is 2.41. The van der Waals surface area contributed by atoms with Crippen LogP contribution in [0.5, 0.6) is 0 Å². The van der Waals surface area contributed by atoms with Crippen molar-refractivity contribution in [2.45, 2.75) is 30.6 Å².